The highest BCUT2D eigenvalue weighted by Gasteiger charge is 1.98. The Hall–Kier alpha value is -2.05. The van der Waals surface area contributed by atoms with Crippen molar-refractivity contribution >= 4 is 21.5 Å². The van der Waals surface area contributed by atoms with Gasteiger partial charge in [0.05, 0.1) is 5.75 Å². The Morgan fingerprint density at radius 1 is 0.864 bits per heavy atom. The predicted molar refractivity (Wildman–Crippen MR) is 91.2 cm³/mol. The van der Waals surface area contributed by atoms with Crippen LogP contribution < -0.4 is 11.5 Å². The lowest BCUT2D eigenvalue weighted by Gasteiger charge is -2.02. The second-order valence-electron chi connectivity index (χ2n) is 4.95. The Morgan fingerprint density at radius 2 is 1.23 bits per heavy atom. The minimum atomic E-state index is -3.67. The van der Waals surface area contributed by atoms with E-state index in [0.717, 1.165) is 17.8 Å². The van der Waals surface area contributed by atoms with Crippen LogP contribution in [0.5, 0.6) is 0 Å². The first-order valence-corrected chi connectivity index (χ1v) is 8.55. The Balaban J connectivity index is 0.000000295. The highest BCUT2D eigenvalue weighted by atomic mass is 32.2. The molecule has 0 spiro atoms. The molecule has 0 amide bonds. The summed E-state index contributed by atoms with van der Waals surface area (Å²) in [4.78, 5) is 0. The van der Waals surface area contributed by atoms with Crippen molar-refractivity contribution in [1.29, 1.82) is 0 Å². The molecule has 5 nitrogen and oxygen atoms in total. The molecule has 0 radical (unpaired) electrons. The highest BCUT2D eigenvalue weighted by Crippen LogP contribution is 2.13. The van der Waals surface area contributed by atoms with Crippen LogP contribution in [0.15, 0.2) is 48.5 Å². The third-order valence-corrected chi connectivity index (χ3v) is 3.75. The molecule has 0 aliphatic rings. The van der Waals surface area contributed by atoms with Crippen LogP contribution in [0.1, 0.15) is 24.5 Å². The smallest absolute Gasteiger partial charge is 0.264 e. The quantitative estimate of drug-likeness (QED) is 0.593. The number of anilines is 2. The third kappa shape index (κ3) is 7.66. The molecule has 2 rings (SSSR count). The largest absolute Gasteiger partial charge is 0.399 e. The summed E-state index contributed by atoms with van der Waals surface area (Å²) in [6.07, 6.45) is 1.39. The molecular weight excluding hydrogens is 300 g/mol. The molecule has 22 heavy (non-hydrogen) atoms. The first-order chi connectivity index (χ1) is 10.3. The minimum absolute atomic E-state index is 0.132. The van der Waals surface area contributed by atoms with Gasteiger partial charge in [0, 0.05) is 11.4 Å². The van der Waals surface area contributed by atoms with Gasteiger partial charge in [0.2, 0.25) is 0 Å². The lowest BCUT2D eigenvalue weighted by molar-refractivity contribution is 0.482. The lowest BCUT2D eigenvalue weighted by atomic mass is 10.0. The number of hydrogen-bond donors (Lipinski definition) is 3. The van der Waals surface area contributed by atoms with Gasteiger partial charge < -0.3 is 11.5 Å². The SMILES string of the molecule is CCCS(=O)(=O)O.Nc1ccc(Cc2ccc(N)cc2)cc1. The highest BCUT2D eigenvalue weighted by molar-refractivity contribution is 7.85. The Bertz CT molecular complexity index is 622. The van der Waals surface area contributed by atoms with Crippen molar-refractivity contribution in [2.75, 3.05) is 17.2 Å². The van der Waals surface area contributed by atoms with Gasteiger partial charge in [0.25, 0.3) is 10.1 Å². The molecule has 120 valence electrons. The van der Waals surface area contributed by atoms with Crippen molar-refractivity contribution in [3.63, 3.8) is 0 Å². The number of nitrogens with two attached hydrogens (primary N) is 2. The van der Waals surface area contributed by atoms with Crippen LogP contribution in [0.3, 0.4) is 0 Å². The molecule has 0 bridgehead atoms. The van der Waals surface area contributed by atoms with E-state index in [9.17, 15) is 8.42 Å². The Kier molecular flexibility index (Phi) is 6.88. The number of benzene rings is 2. The fourth-order valence-corrected chi connectivity index (χ4v) is 2.28. The van der Waals surface area contributed by atoms with Gasteiger partial charge in [0.1, 0.15) is 0 Å². The van der Waals surface area contributed by atoms with Gasteiger partial charge in [-0.05, 0) is 48.2 Å². The summed E-state index contributed by atoms with van der Waals surface area (Å²) in [5.41, 5.74) is 15.4. The summed E-state index contributed by atoms with van der Waals surface area (Å²) in [6, 6.07) is 15.9. The lowest BCUT2D eigenvalue weighted by Crippen LogP contribution is -2.01. The summed E-state index contributed by atoms with van der Waals surface area (Å²) in [5, 5.41) is 0. The molecule has 0 atom stereocenters. The van der Waals surface area contributed by atoms with Crippen LogP contribution in [0, 0.1) is 0 Å². The molecule has 0 aliphatic heterocycles. The molecular formula is C16H22N2O3S. The standard InChI is InChI=1S/C13H14N2.C3H8O3S/c14-12-5-1-10(2-6-12)9-11-3-7-13(15)8-4-11;1-2-3-7(4,5)6/h1-8H,9,14-15H2;2-3H2,1H3,(H,4,5,6). The van der Waals surface area contributed by atoms with E-state index in [-0.39, 0.29) is 5.75 Å². The zero-order valence-electron chi connectivity index (χ0n) is 12.6. The van der Waals surface area contributed by atoms with E-state index in [1.165, 1.54) is 11.1 Å². The summed E-state index contributed by atoms with van der Waals surface area (Å²) < 4.78 is 27.6. The second kappa shape index (κ2) is 8.41. The molecule has 0 aliphatic carbocycles. The minimum Gasteiger partial charge on any atom is -0.399 e. The first-order valence-electron chi connectivity index (χ1n) is 6.94. The molecule has 0 unspecified atom stereocenters. The molecule has 0 saturated heterocycles. The van der Waals surface area contributed by atoms with Crippen LogP contribution in [-0.4, -0.2) is 18.7 Å². The summed E-state index contributed by atoms with van der Waals surface area (Å²) in [7, 11) is -3.67. The van der Waals surface area contributed by atoms with Crippen LogP contribution in [-0.2, 0) is 16.5 Å². The van der Waals surface area contributed by atoms with Crippen molar-refractivity contribution in [2.45, 2.75) is 19.8 Å². The summed E-state index contributed by atoms with van der Waals surface area (Å²) in [6.45, 7) is 1.69. The molecule has 0 aromatic heterocycles. The Labute approximate surface area is 131 Å². The van der Waals surface area contributed by atoms with Gasteiger partial charge in [-0.3, -0.25) is 4.55 Å². The van der Waals surface area contributed by atoms with Crippen molar-refractivity contribution in [2.24, 2.45) is 0 Å². The molecule has 2 aromatic carbocycles. The van der Waals surface area contributed by atoms with E-state index in [4.69, 9.17) is 16.0 Å². The second-order valence-corrected chi connectivity index (χ2v) is 6.52. The maximum atomic E-state index is 9.79. The fourth-order valence-electron chi connectivity index (χ4n) is 1.76. The maximum Gasteiger partial charge on any atom is 0.264 e. The van der Waals surface area contributed by atoms with Gasteiger partial charge in [-0.25, -0.2) is 0 Å². The van der Waals surface area contributed by atoms with Gasteiger partial charge in [-0.2, -0.15) is 8.42 Å². The normalized spacial score (nSPS) is 10.6. The van der Waals surface area contributed by atoms with Gasteiger partial charge in [-0.1, -0.05) is 31.2 Å². The molecule has 6 heteroatoms. The van der Waals surface area contributed by atoms with Gasteiger partial charge in [0.15, 0.2) is 0 Å². The zero-order chi connectivity index (χ0) is 16.6. The molecule has 0 saturated carbocycles. The van der Waals surface area contributed by atoms with Crippen molar-refractivity contribution < 1.29 is 13.0 Å². The van der Waals surface area contributed by atoms with E-state index in [1.807, 2.05) is 48.5 Å². The summed E-state index contributed by atoms with van der Waals surface area (Å²) in [5.74, 6) is -0.132. The van der Waals surface area contributed by atoms with Crippen LogP contribution >= 0.6 is 0 Å². The van der Waals surface area contributed by atoms with E-state index in [0.29, 0.717) is 6.42 Å². The van der Waals surface area contributed by atoms with E-state index in [2.05, 4.69) is 0 Å². The monoisotopic (exact) mass is 322 g/mol. The van der Waals surface area contributed by atoms with Crippen LogP contribution in [0.25, 0.3) is 0 Å². The molecule has 2 aromatic rings. The number of hydrogen-bond acceptors (Lipinski definition) is 4. The van der Waals surface area contributed by atoms with Crippen molar-refractivity contribution in [3.05, 3.63) is 59.7 Å². The van der Waals surface area contributed by atoms with E-state index >= 15 is 0 Å². The average Bonchev–Trinajstić information content (AvgIpc) is 2.43. The maximum absolute atomic E-state index is 9.79. The van der Waals surface area contributed by atoms with Gasteiger partial charge >= 0.3 is 0 Å². The topological polar surface area (TPSA) is 106 Å². The molecule has 0 heterocycles. The molecule has 5 N–H and O–H groups in total. The van der Waals surface area contributed by atoms with Crippen molar-refractivity contribution in [1.82, 2.24) is 0 Å². The summed E-state index contributed by atoms with van der Waals surface area (Å²) >= 11 is 0. The average molecular weight is 322 g/mol. The van der Waals surface area contributed by atoms with Crippen molar-refractivity contribution in [3.8, 4) is 0 Å². The predicted octanol–water partition coefficient (Wildman–Crippen LogP) is 2.73. The van der Waals surface area contributed by atoms with Crippen LogP contribution in [0.4, 0.5) is 11.4 Å². The zero-order valence-corrected chi connectivity index (χ0v) is 13.4. The Morgan fingerprint density at radius 3 is 1.45 bits per heavy atom. The third-order valence-electron chi connectivity index (χ3n) is 2.83. The molecule has 0 fully saturated rings. The first kappa shape index (κ1) is 18.0. The van der Waals surface area contributed by atoms with E-state index < -0.39 is 10.1 Å². The van der Waals surface area contributed by atoms with E-state index in [1.54, 1.807) is 6.92 Å². The number of nitrogen functional groups attached to an aromatic ring is 2. The van der Waals surface area contributed by atoms with Crippen LogP contribution in [0.2, 0.25) is 0 Å². The fraction of sp³-hybridized carbons (Fsp3) is 0.250. The number of rotatable bonds is 4. The van der Waals surface area contributed by atoms with Gasteiger partial charge in [-0.15, -0.1) is 0 Å².